The third-order valence-corrected chi connectivity index (χ3v) is 10.8. The van der Waals surface area contributed by atoms with Crippen LogP contribution in [-0.2, 0) is 15.1 Å². The molecule has 0 radical (unpaired) electrons. The summed E-state index contributed by atoms with van der Waals surface area (Å²) < 4.78 is 11.0. The molecule has 2 fully saturated rings. The van der Waals surface area contributed by atoms with Crippen molar-refractivity contribution >= 4 is 29.4 Å². The van der Waals surface area contributed by atoms with E-state index in [-0.39, 0.29) is 42.9 Å². The van der Waals surface area contributed by atoms with E-state index in [2.05, 4.69) is 28.9 Å². The van der Waals surface area contributed by atoms with Crippen molar-refractivity contribution in [3.05, 3.63) is 89.0 Å². The fourth-order valence-corrected chi connectivity index (χ4v) is 8.02. The molecule has 0 aromatic heterocycles. The Balaban J connectivity index is 1.43. The number of amides is 3. The number of anilines is 1. The zero-order chi connectivity index (χ0) is 34.2. The van der Waals surface area contributed by atoms with Gasteiger partial charge in [0.1, 0.15) is 0 Å². The van der Waals surface area contributed by atoms with Crippen LogP contribution in [-0.4, -0.2) is 79.0 Å². The van der Waals surface area contributed by atoms with Gasteiger partial charge >= 0.3 is 5.97 Å². The number of benzene rings is 3. The van der Waals surface area contributed by atoms with Gasteiger partial charge in [0, 0.05) is 38.6 Å². The quantitative estimate of drug-likeness (QED) is 0.268. The Labute approximate surface area is 280 Å². The second-order valence-corrected chi connectivity index (χ2v) is 12.9. The summed E-state index contributed by atoms with van der Waals surface area (Å²) in [6.07, 6.45) is 0.582. The van der Waals surface area contributed by atoms with Gasteiger partial charge in [-0.3, -0.25) is 29.0 Å². The average molecular weight is 655 g/mol. The smallest absolute Gasteiger partial charge is 0.312 e. The number of methoxy groups -OCH3 is 2. The first-order valence-corrected chi connectivity index (χ1v) is 16.4. The van der Waals surface area contributed by atoms with Crippen molar-refractivity contribution in [3.63, 3.8) is 0 Å². The number of aliphatic carboxylic acids is 1. The predicted molar refractivity (Wildman–Crippen MR) is 179 cm³/mol. The second-order valence-electron chi connectivity index (χ2n) is 12.9. The summed E-state index contributed by atoms with van der Waals surface area (Å²) in [5.74, 6) is -2.29. The molecule has 252 valence electrons. The van der Waals surface area contributed by atoms with E-state index in [1.807, 2.05) is 24.3 Å². The molecule has 11 heteroatoms. The maximum Gasteiger partial charge on any atom is 0.312 e. The molecule has 11 nitrogen and oxygen atoms in total. The van der Waals surface area contributed by atoms with Crippen LogP contribution in [0.15, 0.2) is 66.7 Å². The highest BCUT2D eigenvalue weighted by Gasteiger charge is 2.67. The summed E-state index contributed by atoms with van der Waals surface area (Å²) in [4.78, 5) is 60.8. The Kier molecular flexibility index (Phi) is 8.91. The van der Waals surface area contributed by atoms with Crippen molar-refractivity contribution in [3.8, 4) is 11.5 Å². The SMILES string of the molecule is COc1ccc(C(CCC(N)=O)(N2C(=O)c3cccc(N4CCN(C(C)c5ccccc5)CC4)c3C2=O)C2(C(=O)O)CCC2)cc1OC. The molecule has 1 saturated heterocycles. The zero-order valence-electron chi connectivity index (χ0n) is 27.6. The van der Waals surface area contributed by atoms with Gasteiger partial charge in [-0.1, -0.05) is 48.9 Å². The number of nitrogens with two attached hydrogens (primary N) is 1. The zero-order valence-corrected chi connectivity index (χ0v) is 27.6. The molecule has 6 rings (SSSR count). The van der Waals surface area contributed by atoms with Crippen LogP contribution in [0.5, 0.6) is 11.5 Å². The van der Waals surface area contributed by atoms with Crippen molar-refractivity contribution in [2.75, 3.05) is 45.3 Å². The molecular formula is C37H42N4O7. The molecule has 1 aliphatic carbocycles. The van der Waals surface area contributed by atoms with Crippen LogP contribution in [0.25, 0.3) is 0 Å². The lowest BCUT2D eigenvalue weighted by atomic mass is 9.52. The lowest BCUT2D eigenvalue weighted by Gasteiger charge is -2.56. The fourth-order valence-electron chi connectivity index (χ4n) is 8.02. The van der Waals surface area contributed by atoms with Gasteiger partial charge in [0.25, 0.3) is 11.8 Å². The van der Waals surface area contributed by atoms with Crippen LogP contribution in [0.1, 0.15) is 76.9 Å². The number of ether oxygens (including phenoxy) is 2. The molecule has 3 N–H and O–H groups in total. The maximum atomic E-state index is 14.9. The largest absolute Gasteiger partial charge is 0.493 e. The molecule has 2 unspecified atom stereocenters. The molecule has 3 aromatic rings. The number of carboxylic acid groups (broad SMARTS) is 1. The van der Waals surface area contributed by atoms with Crippen molar-refractivity contribution in [2.45, 2.75) is 50.6 Å². The van der Waals surface area contributed by atoms with E-state index < -0.39 is 34.6 Å². The van der Waals surface area contributed by atoms with Crippen LogP contribution in [0, 0.1) is 5.41 Å². The van der Waals surface area contributed by atoms with Crippen LogP contribution >= 0.6 is 0 Å². The fraction of sp³-hybridized carbons (Fsp3) is 0.405. The van der Waals surface area contributed by atoms with E-state index in [1.165, 1.54) is 19.8 Å². The second kappa shape index (κ2) is 13.0. The van der Waals surface area contributed by atoms with Crippen molar-refractivity contribution in [1.82, 2.24) is 9.80 Å². The van der Waals surface area contributed by atoms with E-state index in [1.54, 1.807) is 30.3 Å². The summed E-state index contributed by atoms with van der Waals surface area (Å²) in [7, 11) is 2.94. The number of nitrogens with zero attached hydrogens (tertiary/aromatic N) is 3. The van der Waals surface area contributed by atoms with Crippen LogP contribution in [0.3, 0.4) is 0 Å². The highest BCUT2D eigenvalue weighted by atomic mass is 16.5. The molecule has 0 spiro atoms. The van der Waals surface area contributed by atoms with Gasteiger partial charge < -0.3 is 25.2 Å². The standard InChI is InChI=1S/C37H42N4O7/c1-24(25-9-5-4-6-10-25)39-19-21-40(22-20-39)28-12-7-11-27-32(28)34(44)41(33(27)43)37(18-15-31(38)42,36(35(45)46)16-8-17-36)26-13-14-29(47-2)30(23-26)48-3/h4-7,9-14,23-24H,8,15-22H2,1-3H3,(H2,38,42)(H,45,46). The minimum Gasteiger partial charge on any atom is -0.493 e. The number of imide groups is 1. The van der Waals surface area contributed by atoms with E-state index in [0.29, 0.717) is 42.3 Å². The highest BCUT2D eigenvalue weighted by Crippen LogP contribution is 2.61. The molecule has 1 saturated carbocycles. The molecule has 0 bridgehead atoms. The average Bonchev–Trinajstić information content (AvgIpc) is 3.34. The third kappa shape index (κ3) is 5.17. The number of hydrogen-bond donors (Lipinski definition) is 2. The molecule has 3 amide bonds. The van der Waals surface area contributed by atoms with Crippen LogP contribution in [0.4, 0.5) is 5.69 Å². The van der Waals surface area contributed by atoms with Gasteiger partial charge in [-0.25, -0.2) is 0 Å². The highest BCUT2D eigenvalue weighted by molar-refractivity contribution is 6.24. The first-order chi connectivity index (χ1) is 23.1. The Bertz CT molecular complexity index is 1730. The molecule has 2 heterocycles. The van der Waals surface area contributed by atoms with E-state index in [9.17, 15) is 24.3 Å². The van der Waals surface area contributed by atoms with Crippen LogP contribution < -0.4 is 20.1 Å². The van der Waals surface area contributed by atoms with Crippen molar-refractivity contribution in [2.24, 2.45) is 11.1 Å². The molecular weight excluding hydrogens is 612 g/mol. The number of rotatable bonds is 12. The lowest BCUT2D eigenvalue weighted by Crippen LogP contribution is -2.65. The molecule has 3 aromatic carbocycles. The van der Waals surface area contributed by atoms with Crippen molar-refractivity contribution < 1.29 is 33.8 Å². The van der Waals surface area contributed by atoms with E-state index in [0.717, 1.165) is 18.0 Å². The number of fused-ring (bicyclic) bond motifs is 1. The minimum atomic E-state index is -1.75. The van der Waals surface area contributed by atoms with Gasteiger partial charge in [0.15, 0.2) is 11.5 Å². The number of primary amides is 1. The van der Waals surface area contributed by atoms with Crippen LogP contribution in [0.2, 0.25) is 0 Å². The summed E-state index contributed by atoms with van der Waals surface area (Å²) in [5, 5.41) is 10.9. The molecule has 48 heavy (non-hydrogen) atoms. The Morgan fingerprint density at radius 3 is 2.19 bits per heavy atom. The minimum absolute atomic E-state index is 0.166. The van der Waals surface area contributed by atoms with Gasteiger partial charge in [-0.15, -0.1) is 0 Å². The first kappa shape index (κ1) is 33.0. The number of carbonyl (C=O) groups is 4. The number of carboxylic acids is 1. The number of carbonyl (C=O) groups excluding carboxylic acids is 3. The summed E-state index contributed by atoms with van der Waals surface area (Å²) in [6.45, 7) is 4.96. The van der Waals surface area contributed by atoms with Gasteiger partial charge in [0.05, 0.1) is 42.0 Å². The van der Waals surface area contributed by atoms with Gasteiger partial charge in [-0.05, 0) is 61.6 Å². The van der Waals surface area contributed by atoms with E-state index >= 15 is 0 Å². The summed E-state index contributed by atoms with van der Waals surface area (Å²) in [6, 6.07) is 20.7. The number of piperazine rings is 1. The molecule has 3 aliphatic rings. The van der Waals surface area contributed by atoms with Gasteiger partial charge in [0.2, 0.25) is 5.91 Å². The normalized spacial score (nSPS) is 19.2. The first-order valence-electron chi connectivity index (χ1n) is 16.4. The summed E-state index contributed by atoms with van der Waals surface area (Å²) in [5.41, 5.74) is 5.04. The molecule has 2 atom stereocenters. The topological polar surface area (TPSA) is 143 Å². The van der Waals surface area contributed by atoms with E-state index in [4.69, 9.17) is 15.2 Å². The van der Waals surface area contributed by atoms with Gasteiger partial charge in [-0.2, -0.15) is 0 Å². The summed E-state index contributed by atoms with van der Waals surface area (Å²) >= 11 is 0. The van der Waals surface area contributed by atoms with Crippen molar-refractivity contribution in [1.29, 1.82) is 0 Å². The number of hydrogen-bond acceptors (Lipinski definition) is 8. The molecule has 2 aliphatic heterocycles. The monoisotopic (exact) mass is 654 g/mol. The predicted octanol–water partition coefficient (Wildman–Crippen LogP) is 4.60. The Morgan fingerprint density at radius 2 is 1.60 bits per heavy atom. The Morgan fingerprint density at radius 1 is 0.917 bits per heavy atom. The maximum absolute atomic E-state index is 14.9. The lowest BCUT2D eigenvalue weighted by molar-refractivity contribution is -0.170. The Hall–Kier alpha value is -4.90. The third-order valence-electron chi connectivity index (χ3n) is 10.8.